The van der Waals surface area contributed by atoms with E-state index in [-0.39, 0.29) is 12.1 Å². The van der Waals surface area contributed by atoms with E-state index < -0.39 is 34.7 Å². The zero-order chi connectivity index (χ0) is 12.5. The molecule has 0 saturated heterocycles. The summed E-state index contributed by atoms with van der Waals surface area (Å²) in [4.78, 5) is 10.6. The van der Waals surface area contributed by atoms with Crippen molar-refractivity contribution in [1.82, 2.24) is 0 Å². The molecule has 0 aliphatic carbocycles. The Morgan fingerprint density at radius 1 is 1.19 bits per heavy atom. The fourth-order valence-corrected chi connectivity index (χ4v) is 0.975. The van der Waals surface area contributed by atoms with E-state index in [9.17, 15) is 26.7 Å². The number of carbonyl (C=O) groups excluding carboxylic acids is 1. The molecule has 0 bridgehead atoms. The zero-order valence-electron chi connectivity index (χ0n) is 7.40. The molecule has 0 amide bonds. The number of Topliss-reactive ketones (excluding diaryl/α,β-unsaturated/α-hetero) is 1. The summed E-state index contributed by atoms with van der Waals surface area (Å²) < 4.78 is 61.5. The molecule has 0 aromatic heterocycles. The van der Waals surface area contributed by atoms with E-state index in [2.05, 4.69) is 0 Å². The van der Waals surface area contributed by atoms with Gasteiger partial charge in [0, 0.05) is 5.56 Å². The molecule has 0 atom stereocenters. The van der Waals surface area contributed by atoms with Crippen molar-refractivity contribution >= 4 is 5.78 Å². The Morgan fingerprint density at radius 2 is 1.62 bits per heavy atom. The van der Waals surface area contributed by atoms with Gasteiger partial charge in [-0.05, 0) is 12.1 Å². The predicted octanol–water partition coefficient (Wildman–Crippen LogP) is 2.58. The minimum absolute atomic E-state index is 0.178. The molecule has 0 aliphatic rings. The Morgan fingerprint density at radius 3 is 1.94 bits per heavy atom. The first-order chi connectivity index (χ1) is 7.27. The number of benzene rings is 1. The summed E-state index contributed by atoms with van der Waals surface area (Å²) in [5.41, 5.74) is -2.21. The first kappa shape index (κ1) is 12.1. The largest absolute Gasteiger partial charge is 0.454 e. The van der Waals surface area contributed by atoms with Gasteiger partial charge >= 0.3 is 6.18 Å². The Bertz CT molecular complexity index is 463. The number of alkyl halides is 3. The van der Waals surface area contributed by atoms with Crippen LogP contribution in [-0.4, -0.2) is 12.0 Å². The van der Waals surface area contributed by atoms with Crippen LogP contribution in [0.1, 0.15) is 15.9 Å². The van der Waals surface area contributed by atoms with E-state index in [1.165, 1.54) is 0 Å². The average molecular weight is 235 g/mol. The lowest BCUT2D eigenvalue weighted by atomic mass is 10.1. The maximum absolute atomic E-state index is 12.9. The number of hydrogen-bond donors (Lipinski definition) is 0. The molecule has 16 heavy (non-hydrogen) atoms. The molecule has 1 aromatic rings. The van der Waals surface area contributed by atoms with Gasteiger partial charge in [-0.3, -0.25) is 4.79 Å². The minimum atomic E-state index is -5.22. The first-order valence-electron chi connectivity index (χ1n) is 3.78. The zero-order valence-corrected chi connectivity index (χ0v) is 7.40. The molecule has 2 nitrogen and oxygen atoms in total. The predicted molar refractivity (Wildman–Crippen MR) is 41.5 cm³/mol. The van der Waals surface area contributed by atoms with Crippen molar-refractivity contribution in [2.75, 3.05) is 0 Å². The van der Waals surface area contributed by atoms with E-state index in [0.717, 1.165) is 6.07 Å². The summed E-state index contributed by atoms with van der Waals surface area (Å²) >= 11 is 0. The van der Waals surface area contributed by atoms with Crippen molar-refractivity contribution in [3.63, 3.8) is 0 Å². The summed E-state index contributed by atoms with van der Waals surface area (Å²) in [6.07, 6.45) is -5.22. The van der Waals surface area contributed by atoms with Gasteiger partial charge in [-0.1, -0.05) is 0 Å². The van der Waals surface area contributed by atoms with Crippen LogP contribution in [0.3, 0.4) is 0 Å². The number of nitriles is 1. The quantitative estimate of drug-likeness (QED) is 0.554. The van der Waals surface area contributed by atoms with Crippen molar-refractivity contribution in [3.05, 3.63) is 34.9 Å². The fraction of sp³-hybridized carbons (Fsp3) is 0.111. The Kier molecular flexibility index (Phi) is 2.94. The topological polar surface area (TPSA) is 40.9 Å². The number of carbonyl (C=O) groups is 1. The van der Waals surface area contributed by atoms with Crippen LogP contribution in [0.15, 0.2) is 12.1 Å². The highest BCUT2D eigenvalue weighted by molar-refractivity contribution is 6.00. The molecular weight excluding hydrogens is 233 g/mol. The highest BCUT2D eigenvalue weighted by Crippen LogP contribution is 2.23. The van der Waals surface area contributed by atoms with Gasteiger partial charge in [-0.25, -0.2) is 8.78 Å². The van der Waals surface area contributed by atoms with Crippen molar-refractivity contribution in [3.8, 4) is 6.07 Å². The average Bonchev–Trinajstić information content (AvgIpc) is 2.14. The van der Waals surface area contributed by atoms with Gasteiger partial charge in [0.2, 0.25) is 0 Å². The summed E-state index contributed by atoms with van der Waals surface area (Å²) in [5, 5.41) is 8.25. The van der Waals surface area contributed by atoms with Crippen LogP contribution in [-0.2, 0) is 0 Å². The molecule has 0 heterocycles. The lowest BCUT2D eigenvalue weighted by molar-refractivity contribution is -0.0885. The molecule has 0 radical (unpaired) electrons. The van der Waals surface area contributed by atoms with Crippen LogP contribution >= 0.6 is 0 Å². The standard InChI is InChI=1S/C9H2F5NO/c10-6-1-4(8(16)9(12,13)14)2-7(11)5(6)3-15/h1-2H. The Balaban J connectivity index is 3.31. The third-order valence-corrected chi connectivity index (χ3v) is 1.67. The van der Waals surface area contributed by atoms with Crippen molar-refractivity contribution in [1.29, 1.82) is 5.26 Å². The SMILES string of the molecule is N#Cc1c(F)cc(C(=O)C(F)(F)F)cc1F. The lowest BCUT2D eigenvalue weighted by Gasteiger charge is -2.05. The van der Waals surface area contributed by atoms with E-state index in [0.29, 0.717) is 0 Å². The van der Waals surface area contributed by atoms with Crippen LogP contribution in [0.25, 0.3) is 0 Å². The van der Waals surface area contributed by atoms with Gasteiger partial charge in [0.1, 0.15) is 23.3 Å². The summed E-state index contributed by atoms with van der Waals surface area (Å²) in [6.45, 7) is 0. The number of halogens is 5. The van der Waals surface area contributed by atoms with E-state index in [1.807, 2.05) is 0 Å². The third-order valence-electron chi connectivity index (χ3n) is 1.67. The van der Waals surface area contributed by atoms with Crippen molar-refractivity contribution in [2.24, 2.45) is 0 Å². The van der Waals surface area contributed by atoms with Gasteiger partial charge in [0.15, 0.2) is 0 Å². The molecule has 0 unspecified atom stereocenters. The van der Waals surface area contributed by atoms with Gasteiger partial charge < -0.3 is 0 Å². The second-order valence-electron chi connectivity index (χ2n) is 2.75. The van der Waals surface area contributed by atoms with Gasteiger partial charge in [-0.2, -0.15) is 18.4 Å². The van der Waals surface area contributed by atoms with E-state index >= 15 is 0 Å². The molecule has 0 fully saturated rings. The maximum Gasteiger partial charge on any atom is 0.454 e. The molecule has 7 heteroatoms. The number of ketones is 1. The Hall–Kier alpha value is -1.97. The highest BCUT2D eigenvalue weighted by Gasteiger charge is 2.39. The summed E-state index contributed by atoms with van der Waals surface area (Å²) in [6, 6.07) is 1.48. The smallest absolute Gasteiger partial charge is 0.284 e. The van der Waals surface area contributed by atoms with Crippen LogP contribution < -0.4 is 0 Å². The lowest BCUT2D eigenvalue weighted by Crippen LogP contribution is -2.23. The fourth-order valence-electron chi connectivity index (χ4n) is 0.975. The monoisotopic (exact) mass is 235 g/mol. The molecular formula is C9H2F5NO. The number of hydrogen-bond acceptors (Lipinski definition) is 2. The van der Waals surface area contributed by atoms with Crippen LogP contribution in [0.2, 0.25) is 0 Å². The van der Waals surface area contributed by atoms with Gasteiger partial charge in [0.25, 0.3) is 5.78 Å². The normalized spacial score (nSPS) is 11.0. The van der Waals surface area contributed by atoms with Crippen molar-refractivity contribution < 1.29 is 26.7 Å². The van der Waals surface area contributed by atoms with Crippen LogP contribution in [0.5, 0.6) is 0 Å². The molecule has 1 aromatic carbocycles. The van der Waals surface area contributed by atoms with Gasteiger partial charge in [0.05, 0.1) is 0 Å². The summed E-state index contributed by atoms with van der Waals surface area (Å²) in [7, 11) is 0. The summed E-state index contributed by atoms with van der Waals surface area (Å²) in [5.74, 6) is -5.38. The molecule has 0 spiro atoms. The highest BCUT2D eigenvalue weighted by atomic mass is 19.4. The molecule has 0 N–H and O–H groups in total. The number of nitrogens with zero attached hydrogens (tertiary/aromatic N) is 1. The second kappa shape index (κ2) is 3.89. The van der Waals surface area contributed by atoms with Crippen LogP contribution in [0, 0.1) is 23.0 Å². The Labute approximate surface area is 85.9 Å². The third kappa shape index (κ3) is 2.16. The molecule has 0 saturated carbocycles. The molecule has 0 aliphatic heterocycles. The number of rotatable bonds is 1. The minimum Gasteiger partial charge on any atom is -0.284 e. The second-order valence-corrected chi connectivity index (χ2v) is 2.75. The van der Waals surface area contributed by atoms with E-state index in [1.54, 1.807) is 0 Å². The first-order valence-corrected chi connectivity index (χ1v) is 3.78. The molecule has 1 rings (SSSR count). The van der Waals surface area contributed by atoms with Crippen LogP contribution in [0.4, 0.5) is 22.0 Å². The van der Waals surface area contributed by atoms with Gasteiger partial charge in [-0.15, -0.1) is 0 Å². The van der Waals surface area contributed by atoms with E-state index in [4.69, 9.17) is 5.26 Å². The van der Waals surface area contributed by atoms with Crippen molar-refractivity contribution in [2.45, 2.75) is 6.18 Å². The maximum atomic E-state index is 12.9. The molecule has 84 valence electrons.